The van der Waals surface area contributed by atoms with Gasteiger partial charge in [-0.25, -0.2) is 0 Å². The summed E-state index contributed by atoms with van der Waals surface area (Å²) in [6.07, 6.45) is 7.42. The van der Waals surface area contributed by atoms with Gasteiger partial charge in [0.15, 0.2) is 0 Å². The molecule has 1 aliphatic rings. The summed E-state index contributed by atoms with van der Waals surface area (Å²) in [4.78, 5) is 11.4. The van der Waals surface area contributed by atoms with Crippen LogP contribution in [-0.4, -0.2) is 28.5 Å². The van der Waals surface area contributed by atoms with Crippen molar-refractivity contribution in [1.29, 1.82) is 0 Å². The number of hydrogen-bond acceptors (Lipinski definition) is 3. The van der Waals surface area contributed by atoms with Crippen LogP contribution < -0.4 is 0 Å². The van der Waals surface area contributed by atoms with Gasteiger partial charge in [0, 0.05) is 31.1 Å². The quantitative estimate of drug-likeness (QED) is 0.805. The van der Waals surface area contributed by atoms with Gasteiger partial charge < -0.3 is 0 Å². The van der Waals surface area contributed by atoms with E-state index in [4.69, 9.17) is 0 Å². The molecule has 0 radical (unpaired) electrons. The van der Waals surface area contributed by atoms with Crippen molar-refractivity contribution in [1.82, 2.24) is 14.9 Å². The third kappa shape index (κ3) is 3.23. The summed E-state index contributed by atoms with van der Waals surface area (Å²) in [5.74, 6) is 0.777. The predicted octanol–water partition coefficient (Wildman–Crippen LogP) is 3.10. The molecule has 2 aromatic heterocycles. The Morgan fingerprint density at radius 2 is 1.85 bits per heavy atom. The van der Waals surface area contributed by atoms with E-state index in [9.17, 15) is 0 Å². The average molecular weight is 267 g/mol. The van der Waals surface area contributed by atoms with Crippen LogP contribution in [-0.2, 0) is 6.42 Å². The number of nitrogens with zero attached hydrogens (tertiary/aromatic N) is 3. The summed E-state index contributed by atoms with van der Waals surface area (Å²) in [5.41, 5.74) is 2.37. The highest BCUT2D eigenvalue weighted by molar-refractivity contribution is 5.13. The van der Waals surface area contributed by atoms with E-state index in [2.05, 4.69) is 46.2 Å². The second-order valence-electron chi connectivity index (χ2n) is 5.59. The number of rotatable bonds is 6. The maximum absolute atomic E-state index is 4.56. The van der Waals surface area contributed by atoms with Crippen LogP contribution >= 0.6 is 0 Å². The van der Waals surface area contributed by atoms with E-state index >= 15 is 0 Å². The fourth-order valence-electron chi connectivity index (χ4n) is 2.77. The largest absolute Gasteiger partial charge is 0.297 e. The van der Waals surface area contributed by atoms with Gasteiger partial charge in [0.05, 0.1) is 11.7 Å². The Morgan fingerprint density at radius 1 is 1.10 bits per heavy atom. The van der Waals surface area contributed by atoms with Gasteiger partial charge >= 0.3 is 0 Å². The van der Waals surface area contributed by atoms with E-state index in [0.29, 0.717) is 6.04 Å². The minimum absolute atomic E-state index is 0.458. The van der Waals surface area contributed by atoms with Crippen LogP contribution in [0.15, 0.2) is 48.8 Å². The van der Waals surface area contributed by atoms with Gasteiger partial charge in [0.25, 0.3) is 0 Å². The van der Waals surface area contributed by atoms with Crippen LogP contribution in [0.25, 0.3) is 0 Å². The molecular weight excluding hydrogens is 246 g/mol. The fraction of sp³-hybridized carbons (Fsp3) is 0.412. The van der Waals surface area contributed by atoms with Gasteiger partial charge in [0.1, 0.15) is 0 Å². The van der Waals surface area contributed by atoms with Crippen LogP contribution in [0.5, 0.6) is 0 Å². The molecule has 1 aliphatic carbocycles. The maximum atomic E-state index is 4.56. The van der Waals surface area contributed by atoms with Gasteiger partial charge in [-0.2, -0.15) is 0 Å². The summed E-state index contributed by atoms with van der Waals surface area (Å²) in [6.45, 7) is 1.02. The molecule has 1 fully saturated rings. The summed E-state index contributed by atoms with van der Waals surface area (Å²) < 4.78 is 0. The molecule has 0 amide bonds. The van der Waals surface area contributed by atoms with E-state index in [-0.39, 0.29) is 0 Å². The molecule has 20 heavy (non-hydrogen) atoms. The summed E-state index contributed by atoms with van der Waals surface area (Å²) in [6, 6.07) is 12.8. The van der Waals surface area contributed by atoms with Crippen LogP contribution in [0.2, 0.25) is 0 Å². The van der Waals surface area contributed by atoms with Crippen molar-refractivity contribution in [3.63, 3.8) is 0 Å². The van der Waals surface area contributed by atoms with E-state index in [1.54, 1.807) is 0 Å². The Morgan fingerprint density at radius 3 is 2.45 bits per heavy atom. The zero-order valence-corrected chi connectivity index (χ0v) is 11.9. The number of likely N-dealkylation sites (N-methyl/N-ethyl adjacent to an activating group) is 1. The van der Waals surface area contributed by atoms with Crippen LogP contribution in [0.4, 0.5) is 0 Å². The molecule has 1 atom stereocenters. The molecule has 0 N–H and O–H groups in total. The zero-order valence-electron chi connectivity index (χ0n) is 11.9. The second-order valence-corrected chi connectivity index (χ2v) is 5.59. The van der Waals surface area contributed by atoms with Crippen molar-refractivity contribution in [3.8, 4) is 0 Å². The predicted molar refractivity (Wildman–Crippen MR) is 80.3 cm³/mol. The van der Waals surface area contributed by atoms with Crippen molar-refractivity contribution in [2.24, 2.45) is 5.92 Å². The molecule has 0 aromatic carbocycles. The molecule has 2 aromatic rings. The van der Waals surface area contributed by atoms with Crippen molar-refractivity contribution in [2.75, 3.05) is 13.6 Å². The highest BCUT2D eigenvalue weighted by Crippen LogP contribution is 2.43. The lowest BCUT2D eigenvalue weighted by Gasteiger charge is -2.27. The number of hydrogen-bond donors (Lipinski definition) is 0. The fourth-order valence-corrected chi connectivity index (χ4v) is 2.77. The van der Waals surface area contributed by atoms with Crippen molar-refractivity contribution >= 4 is 0 Å². The second kappa shape index (κ2) is 6.14. The van der Waals surface area contributed by atoms with E-state index in [1.807, 2.05) is 24.5 Å². The molecule has 2 heterocycles. The maximum Gasteiger partial charge on any atom is 0.0578 e. The molecule has 0 unspecified atom stereocenters. The first kappa shape index (κ1) is 13.3. The van der Waals surface area contributed by atoms with Crippen molar-refractivity contribution in [3.05, 3.63) is 60.2 Å². The molecule has 0 bridgehead atoms. The van der Waals surface area contributed by atoms with Crippen molar-refractivity contribution in [2.45, 2.75) is 25.3 Å². The van der Waals surface area contributed by atoms with E-state index in [1.165, 1.54) is 18.5 Å². The first-order valence-electron chi connectivity index (χ1n) is 7.35. The third-order valence-electron chi connectivity index (χ3n) is 3.98. The smallest absolute Gasteiger partial charge is 0.0578 e. The lowest BCUT2D eigenvalue weighted by atomic mass is 10.1. The Hall–Kier alpha value is -1.74. The van der Waals surface area contributed by atoms with Crippen LogP contribution in [0.3, 0.4) is 0 Å². The standard InChI is InChI=1S/C17H21N3/c1-20(13-10-15-6-2-4-11-18-15)17(14-8-9-14)16-7-3-5-12-19-16/h2-7,11-12,14,17H,8-10,13H2,1H3/t17-/m1/s1. The van der Waals surface area contributed by atoms with Crippen LogP contribution in [0, 0.1) is 5.92 Å². The Balaban J connectivity index is 1.66. The molecule has 3 nitrogen and oxygen atoms in total. The molecular formula is C17H21N3. The molecule has 0 aliphatic heterocycles. The monoisotopic (exact) mass is 267 g/mol. The number of pyridine rings is 2. The van der Waals surface area contributed by atoms with Gasteiger partial charge in [0.2, 0.25) is 0 Å². The third-order valence-corrected chi connectivity index (χ3v) is 3.98. The SMILES string of the molecule is CN(CCc1ccccn1)[C@@H](c1ccccn1)C1CC1. The molecule has 3 heteroatoms. The molecule has 0 saturated heterocycles. The normalized spacial score (nSPS) is 16.3. The lowest BCUT2D eigenvalue weighted by Crippen LogP contribution is -2.29. The topological polar surface area (TPSA) is 29.0 Å². The molecule has 0 spiro atoms. The molecule has 104 valence electrons. The Bertz CT molecular complexity index is 522. The van der Waals surface area contributed by atoms with Crippen LogP contribution in [0.1, 0.15) is 30.3 Å². The average Bonchev–Trinajstić information content (AvgIpc) is 3.32. The minimum atomic E-state index is 0.458. The minimum Gasteiger partial charge on any atom is -0.297 e. The van der Waals surface area contributed by atoms with Crippen molar-refractivity contribution < 1.29 is 0 Å². The molecule has 3 rings (SSSR count). The highest BCUT2D eigenvalue weighted by Gasteiger charge is 2.35. The van der Waals surface area contributed by atoms with Gasteiger partial charge in [-0.1, -0.05) is 12.1 Å². The molecule has 1 saturated carbocycles. The summed E-state index contributed by atoms with van der Waals surface area (Å²) in [7, 11) is 2.21. The zero-order chi connectivity index (χ0) is 13.8. The summed E-state index contributed by atoms with van der Waals surface area (Å²) >= 11 is 0. The summed E-state index contributed by atoms with van der Waals surface area (Å²) in [5, 5.41) is 0. The van der Waals surface area contributed by atoms with E-state index < -0.39 is 0 Å². The van der Waals surface area contributed by atoms with Gasteiger partial charge in [-0.05, 0) is 50.1 Å². The Kier molecular flexibility index (Phi) is 4.07. The number of aromatic nitrogens is 2. The highest BCUT2D eigenvalue weighted by atomic mass is 15.1. The first-order chi connectivity index (χ1) is 9.84. The first-order valence-corrected chi connectivity index (χ1v) is 7.35. The lowest BCUT2D eigenvalue weighted by molar-refractivity contribution is 0.218. The van der Waals surface area contributed by atoms with Gasteiger partial charge in [-0.3, -0.25) is 14.9 Å². The van der Waals surface area contributed by atoms with Gasteiger partial charge in [-0.15, -0.1) is 0 Å². The Labute approximate surface area is 120 Å². The van der Waals surface area contributed by atoms with E-state index in [0.717, 1.165) is 24.6 Å².